The summed E-state index contributed by atoms with van der Waals surface area (Å²) in [5, 5.41) is 2.88. The second-order valence-corrected chi connectivity index (χ2v) is 5.88. The van der Waals surface area contributed by atoms with E-state index in [1.165, 1.54) is 0 Å². The Balaban J connectivity index is 2.00. The van der Waals surface area contributed by atoms with Crippen LogP contribution in [0.2, 0.25) is 0 Å². The first-order valence-electron chi connectivity index (χ1n) is 7.82. The smallest absolute Gasteiger partial charge is 0.241 e. The molecule has 0 bridgehead atoms. The normalized spacial score (nSPS) is 12.0. The van der Waals surface area contributed by atoms with Crippen LogP contribution in [0.25, 0.3) is 0 Å². The standard InChI is InChI=1S/C19H24N2O2/c1-13(2)23-17-7-5-4-6-16(17)12-21-19(22)18(20)15-10-8-14(3)9-11-15/h4-11,13,18H,12,20H2,1-3H3,(H,21,22). The zero-order valence-electron chi connectivity index (χ0n) is 13.9. The maximum absolute atomic E-state index is 12.3. The van der Waals surface area contributed by atoms with Crippen LogP contribution in [0, 0.1) is 6.92 Å². The second-order valence-electron chi connectivity index (χ2n) is 5.88. The predicted octanol–water partition coefficient (Wildman–Crippen LogP) is 3.10. The lowest BCUT2D eigenvalue weighted by Gasteiger charge is -2.16. The highest BCUT2D eigenvalue weighted by Gasteiger charge is 2.16. The van der Waals surface area contributed by atoms with Crippen LogP contribution in [0.3, 0.4) is 0 Å². The number of carbonyl (C=O) groups excluding carboxylic acids is 1. The van der Waals surface area contributed by atoms with Gasteiger partial charge in [-0.05, 0) is 32.4 Å². The summed E-state index contributed by atoms with van der Waals surface area (Å²) in [6.45, 7) is 6.34. The number of hydrogen-bond acceptors (Lipinski definition) is 3. The molecule has 1 unspecified atom stereocenters. The fraction of sp³-hybridized carbons (Fsp3) is 0.316. The second kappa shape index (κ2) is 7.79. The molecule has 0 saturated carbocycles. The lowest BCUT2D eigenvalue weighted by Crippen LogP contribution is -2.33. The fourth-order valence-electron chi connectivity index (χ4n) is 2.24. The molecule has 1 atom stereocenters. The topological polar surface area (TPSA) is 64.4 Å². The summed E-state index contributed by atoms with van der Waals surface area (Å²) >= 11 is 0. The van der Waals surface area contributed by atoms with Gasteiger partial charge in [0.1, 0.15) is 11.8 Å². The van der Waals surface area contributed by atoms with Crippen molar-refractivity contribution in [2.45, 2.75) is 39.5 Å². The molecule has 0 saturated heterocycles. The molecule has 0 aliphatic carbocycles. The lowest BCUT2D eigenvalue weighted by atomic mass is 10.1. The van der Waals surface area contributed by atoms with Crippen LogP contribution >= 0.6 is 0 Å². The summed E-state index contributed by atoms with van der Waals surface area (Å²) in [4.78, 5) is 12.3. The van der Waals surface area contributed by atoms with Crippen LogP contribution in [0.1, 0.15) is 36.6 Å². The summed E-state index contributed by atoms with van der Waals surface area (Å²) in [6.07, 6.45) is 0.0849. The van der Waals surface area contributed by atoms with Crippen LogP contribution in [0.15, 0.2) is 48.5 Å². The molecule has 3 N–H and O–H groups in total. The molecule has 1 amide bonds. The van der Waals surface area contributed by atoms with Gasteiger partial charge >= 0.3 is 0 Å². The number of rotatable bonds is 6. The highest BCUT2D eigenvalue weighted by atomic mass is 16.5. The van der Waals surface area contributed by atoms with E-state index >= 15 is 0 Å². The third kappa shape index (κ3) is 4.83. The van der Waals surface area contributed by atoms with Crippen molar-refractivity contribution in [2.75, 3.05) is 0 Å². The quantitative estimate of drug-likeness (QED) is 0.861. The monoisotopic (exact) mass is 312 g/mol. The average Bonchev–Trinajstić information content (AvgIpc) is 2.53. The van der Waals surface area contributed by atoms with Gasteiger partial charge in [0.25, 0.3) is 0 Å². The Morgan fingerprint density at radius 1 is 1.13 bits per heavy atom. The van der Waals surface area contributed by atoms with Crippen molar-refractivity contribution in [1.29, 1.82) is 0 Å². The van der Waals surface area contributed by atoms with E-state index in [0.717, 1.165) is 22.4 Å². The van der Waals surface area contributed by atoms with Gasteiger partial charge in [-0.2, -0.15) is 0 Å². The Bertz CT molecular complexity index is 651. The first-order valence-corrected chi connectivity index (χ1v) is 7.82. The first kappa shape index (κ1) is 17.0. The van der Waals surface area contributed by atoms with Crippen LogP contribution < -0.4 is 15.8 Å². The molecule has 4 nitrogen and oxygen atoms in total. The SMILES string of the molecule is Cc1ccc(C(N)C(=O)NCc2ccccc2OC(C)C)cc1. The van der Waals surface area contributed by atoms with E-state index in [4.69, 9.17) is 10.5 Å². The van der Waals surface area contributed by atoms with Gasteiger partial charge in [-0.1, -0.05) is 48.0 Å². The Morgan fingerprint density at radius 2 is 1.78 bits per heavy atom. The molecule has 0 heterocycles. The zero-order valence-corrected chi connectivity index (χ0v) is 13.9. The van der Waals surface area contributed by atoms with Crippen molar-refractivity contribution in [2.24, 2.45) is 5.73 Å². The van der Waals surface area contributed by atoms with Crippen LogP contribution in [0.4, 0.5) is 0 Å². The summed E-state index contributed by atoms with van der Waals surface area (Å²) in [5.74, 6) is 0.583. The largest absolute Gasteiger partial charge is 0.491 e. The lowest BCUT2D eigenvalue weighted by molar-refractivity contribution is -0.122. The third-order valence-corrected chi connectivity index (χ3v) is 3.51. The van der Waals surface area contributed by atoms with Gasteiger partial charge < -0.3 is 15.8 Å². The number of amides is 1. The highest BCUT2D eigenvalue weighted by molar-refractivity contribution is 5.82. The summed E-state index contributed by atoms with van der Waals surface area (Å²) in [7, 11) is 0. The molecule has 23 heavy (non-hydrogen) atoms. The Hall–Kier alpha value is -2.33. The maximum atomic E-state index is 12.3. The van der Waals surface area contributed by atoms with Gasteiger partial charge in [-0.3, -0.25) is 4.79 Å². The van der Waals surface area contributed by atoms with E-state index in [9.17, 15) is 4.79 Å². The molecule has 4 heteroatoms. The number of carbonyl (C=O) groups is 1. The Morgan fingerprint density at radius 3 is 2.43 bits per heavy atom. The van der Waals surface area contributed by atoms with Crippen LogP contribution in [-0.4, -0.2) is 12.0 Å². The molecular weight excluding hydrogens is 288 g/mol. The molecule has 122 valence electrons. The minimum Gasteiger partial charge on any atom is -0.491 e. The number of aryl methyl sites for hydroxylation is 1. The molecule has 0 aliphatic heterocycles. The molecule has 0 aromatic heterocycles. The number of hydrogen-bond donors (Lipinski definition) is 2. The first-order chi connectivity index (χ1) is 11.0. The highest BCUT2D eigenvalue weighted by Crippen LogP contribution is 2.19. The number of nitrogens with two attached hydrogens (primary N) is 1. The van der Waals surface area contributed by atoms with Crippen LogP contribution in [-0.2, 0) is 11.3 Å². The Kier molecular flexibility index (Phi) is 5.77. The van der Waals surface area contributed by atoms with Gasteiger partial charge in [-0.25, -0.2) is 0 Å². The minimum absolute atomic E-state index is 0.0849. The summed E-state index contributed by atoms with van der Waals surface area (Å²) in [5.41, 5.74) is 8.91. The molecule has 0 radical (unpaired) electrons. The number of benzene rings is 2. The zero-order chi connectivity index (χ0) is 16.8. The molecule has 0 spiro atoms. The van der Waals surface area contributed by atoms with Gasteiger partial charge in [-0.15, -0.1) is 0 Å². The Labute approximate surface area is 137 Å². The molecular formula is C19H24N2O2. The minimum atomic E-state index is -0.672. The molecule has 0 fully saturated rings. The molecule has 0 aliphatic rings. The van der Waals surface area contributed by atoms with Crippen molar-refractivity contribution < 1.29 is 9.53 Å². The van der Waals surface area contributed by atoms with Gasteiger partial charge in [0, 0.05) is 12.1 Å². The predicted molar refractivity (Wildman–Crippen MR) is 92.2 cm³/mol. The molecule has 2 rings (SSSR count). The van der Waals surface area contributed by atoms with Crippen molar-refractivity contribution in [3.8, 4) is 5.75 Å². The molecule has 2 aromatic rings. The maximum Gasteiger partial charge on any atom is 0.241 e. The van der Waals surface area contributed by atoms with E-state index in [1.54, 1.807) is 0 Å². The number of para-hydroxylation sites is 1. The number of ether oxygens (including phenoxy) is 1. The summed E-state index contributed by atoms with van der Waals surface area (Å²) in [6, 6.07) is 14.7. The van der Waals surface area contributed by atoms with Gasteiger partial charge in [0.2, 0.25) is 5.91 Å². The summed E-state index contributed by atoms with van der Waals surface area (Å²) < 4.78 is 5.75. The van der Waals surface area contributed by atoms with Gasteiger partial charge in [0.15, 0.2) is 0 Å². The fourth-order valence-corrected chi connectivity index (χ4v) is 2.24. The third-order valence-electron chi connectivity index (χ3n) is 3.51. The number of nitrogens with one attached hydrogen (secondary N) is 1. The molecule has 2 aromatic carbocycles. The van der Waals surface area contributed by atoms with Gasteiger partial charge in [0.05, 0.1) is 6.10 Å². The van der Waals surface area contributed by atoms with E-state index in [1.807, 2.05) is 69.3 Å². The van der Waals surface area contributed by atoms with Crippen molar-refractivity contribution in [3.63, 3.8) is 0 Å². The van der Waals surface area contributed by atoms with Crippen LogP contribution in [0.5, 0.6) is 5.75 Å². The van der Waals surface area contributed by atoms with Crippen molar-refractivity contribution in [1.82, 2.24) is 5.32 Å². The van der Waals surface area contributed by atoms with Crippen molar-refractivity contribution in [3.05, 3.63) is 65.2 Å². The van der Waals surface area contributed by atoms with E-state index < -0.39 is 6.04 Å². The van der Waals surface area contributed by atoms with E-state index in [0.29, 0.717) is 6.54 Å². The van der Waals surface area contributed by atoms with E-state index in [2.05, 4.69) is 5.32 Å². The van der Waals surface area contributed by atoms with Crippen molar-refractivity contribution >= 4 is 5.91 Å². The average molecular weight is 312 g/mol. The van der Waals surface area contributed by atoms with E-state index in [-0.39, 0.29) is 12.0 Å².